The predicted molar refractivity (Wildman–Crippen MR) is 53.3 cm³/mol. The van der Waals surface area contributed by atoms with Crippen LogP contribution in [0.2, 0.25) is 0 Å². The van der Waals surface area contributed by atoms with Gasteiger partial charge in [0.1, 0.15) is 5.76 Å². The SMILES string of the molecule is C\C=C/C=C\C(O)=C(/C)C(=O)CN. The normalized spacial score (nSPS) is 13.8. The molecule has 3 N–H and O–H groups in total. The van der Waals surface area contributed by atoms with Gasteiger partial charge in [0.15, 0.2) is 5.78 Å². The monoisotopic (exact) mass is 181 g/mol. The van der Waals surface area contributed by atoms with E-state index < -0.39 is 0 Å². The van der Waals surface area contributed by atoms with E-state index in [1.165, 1.54) is 6.08 Å². The first-order valence-corrected chi connectivity index (χ1v) is 4.06. The van der Waals surface area contributed by atoms with Crippen molar-refractivity contribution in [1.82, 2.24) is 0 Å². The molecule has 0 spiro atoms. The van der Waals surface area contributed by atoms with Gasteiger partial charge in [-0.15, -0.1) is 0 Å². The number of carbonyl (C=O) groups excluding carboxylic acids is 1. The zero-order valence-electron chi connectivity index (χ0n) is 7.95. The van der Waals surface area contributed by atoms with E-state index in [4.69, 9.17) is 5.73 Å². The Kier molecular flexibility index (Phi) is 5.55. The van der Waals surface area contributed by atoms with E-state index in [1.54, 1.807) is 19.1 Å². The summed E-state index contributed by atoms with van der Waals surface area (Å²) in [6.07, 6.45) is 6.70. The molecule has 0 heterocycles. The lowest BCUT2D eigenvalue weighted by Gasteiger charge is -1.98. The Bertz CT molecular complexity index is 262. The number of aliphatic hydroxyl groups is 1. The van der Waals surface area contributed by atoms with Crippen LogP contribution in [0.3, 0.4) is 0 Å². The molecular weight excluding hydrogens is 166 g/mol. The lowest BCUT2D eigenvalue weighted by Crippen LogP contribution is -2.15. The second-order valence-electron chi connectivity index (χ2n) is 2.52. The molecule has 0 rings (SSSR count). The van der Waals surface area contributed by atoms with Crippen molar-refractivity contribution in [3.63, 3.8) is 0 Å². The van der Waals surface area contributed by atoms with Crippen LogP contribution in [0.5, 0.6) is 0 Å². The maximum Gasteiger partial charge on any atom is 0.175 e. The standard InChI is InChI=1S/C10H15NO2/c1-3-4-5-6-9(12)8(2)10(13)7-11/h3-6,12H,7,11H2,1-2H3/b4-3-,6-5-,9-8-. The number of ketones is 1. The summed E-state index contributed by atoms with van der Waals surface area (Å²) in [4.78, 5) is 11.0. The molecule has 72 valence electrons. The van der Waals surface area contributed by atoms with Crippen molar-refractivity contribution in [2.75, 3.05) is 6.54 Å². The van der Waals surface area contributed by atoms with Crippen LogP contribution in [0, 0.1) is 0 Å². The Hall–Kier alpha value is -1.35. The second-order valence-corrected chi connectivity index (χ2v) is 2.52. The fourth-order valence-corrected chi connectivity index (χ4v) is 0.679. The highest BCUT2D eigenvalue weighted by atomic mass is 16.3. The fraction of sp³-hybridized carbons (Fsp3) is 0.300. The van der Waals surface area contributed by atoms with Crippen LogP contribution in [0.4, 0.5) is 0 Å². The molecule has 0 aromatic carbocycles. The van der Waals surface area contributed by atoms with E-state index in [1.807, 2.05) is 13.0 Å². The molecule has 0 fully saturated rings. The molecule has 0 aliphatic heterocycles. The maximum atomic E-state index is 11.0. The van der Waals surface area contributed by atoms with Crippen molar-refractivity contribution in [3.8, 4) is 0 Å². The van der Waals surface area contributed by atoms with E-state index in [0.29, 0.717) is 5.57 Å². The molecule has 3 nitrogen and oxygen atoms in total. The van der Waals surface area contributed by atoms with E-state index in [2.05, 4.69) is 0 Å². The van der Waals surface area contributed by atoms with Crippen molar-refractivity contribution < 1.29 is 9.90 Å². The predicted octanol–water partition coefficient (Wildman–Crippen LogP) is 1.48. The number of allylic oxidation sites excluding steroid dienone is 4. The number of hydrogen-bond acceptors (Lipinski definition) is 3. The van der Waals surface area contributed by atoms with E-state index >= 15 is 0 Å². The minimum Gasteiger partial charge on any atom is -0.508 e. The smallest absolute Gasteiger partial charge is 0.175 e. The van der Waals surface area contributed by atoms with E-state index in [9.17, 15) is 9.90 Å². The van der Waals surface area contributed by atoms with Crippen LogP contribution in [0.1, 0.15) is 13.8 Å². The van der Waals surface area contributed by atoms with Crippen molar-refractivity contribution >= 4 is 5.78 Å². The number of nitrogens with two attached hydrogens (primary N) is 1. The summed E-state index contributed by atoms with van der Waals surface area (Å²) in [5.74, 6) is -0.281. The van der Waals surface area contributed by atoms with Gasteiger partial charge < -0.3 is 10.8 Å². The number of rotatable bonds is 4. The molecule has 0 saturated heterocycles. The highest BCUT2D eigenvalue weighted by molar-refractivity contribution is 5.96. The molecule has 0 saturated carbocycles. The molecule has 0 unspecified atom stereocenters. The topological polar surface area (TPSA) is 63.3 Å². The van der Waals surface area contributed by atoms with Gasteiger partial charge in [-0.3, -0.25) is 4.79 Å². The Morgan fingerprint density at radius 2 is 2.08 bits per heavy atom. The molecule has 0 aliphatic rings. The molecular formula is C10H15NO2. The highest BCUT2D eigenvalue weighted by Gasteiger charge is 2.04. The van der Waals surface area contributed by atoms with Crippen LogP contribution in [-0.2, 0) is 4.79 Å². The first kappa shape index (κ1) is 11.6. The third kappa shape index (κ3) is 4.28. The first-order chi connectivity index (χ1) is 6.13. The first-order valence-electron chi connectivity index (χ1n) is 4.06. The van der Waals surface area contributed by atoms with E-state index in [0.717, 1.165) is 0 Å². The Morgan fingerprint density at radius 3 is 2.54 bits per heavy atom. The summed E-state index contributed by atoms with van der Waals surface area (Å²) < 4.78 is 0. The van der Waals surface area contributed by atoms with Crippen LogP contribution >= 0.6 is 0 Å². The van der Waals surface area contributed by atoms with Gasteiger partial charge in [-0.1, -0.05) is 18.2 Å². The van der Waals surface area contributed by atoms with Gasteiger partial charge in [0.05, 0.1) is 6.54 Å². The van der Waals surface area contributed by atoms with Crippen LogP contribution in [0.25, 0.3) is 0 Å². The van der Waals surface area contributed by atoms with Crippen LogP contribution in [0.15, 0.2) is 35.6 Å². The molecule has 3 heteroatoms. The van der Waals surface area contributed by atoms with Gasteiger partial charge >= 0.3 is 0 Å². The molecule has 13 heavy (non-hydrogen) atoms. The van der Waals surface area contributed by atoms with Gasteiger partial charge in [0, 0.05) is 5.57 Å². The summed E-state index contributed by atoms with van der Waals surface area (Å²) in [7, 11) is 0. The number of Topliss-reactive ketones (excluding diaryl/α,β-unsaturated/α-hetero) is 1. The Morgan fingerprint density at radius 1 is 1.46 bits per heavy atom. The van der Waals surface area contributed by atoms with Gasteiger partial charge in [0.2, 0.25) is 0 Å². The number of hydrogen-bond donors (Lipinski definition) is 2. The van der Waals surface area contributed by atoms with E-state index in [-0.39, 0.29) is 18.1 Å². The Labute approximate surface area is 78.3 Å². The summed E-state index contributed by atoms with van der Waals surface area (Å²) in [6.45, 7) is 3.33. The summed E-state index contributed by atoms with van der Waals surface area (Å²) in [5.41, 5.74) is 5.43. The summed E-state index contributed by atoms with van der Waals surface area (Å²) >= 11 is 0. The van der Waals surface area contributed by atoms with Gasteiger partial charge in [0.25, 0.3) is 0 Å². The minimum absolute atomic E-state index is 0.0337. The van der Waals surface area contributed by atoms with Crippen molar-refractivity contribution in [3.05, 3.63) is 35.6 Å². The molecule has 0 aromatic rings. The van der Waals surface area contributed by atoms with Gasteiger partial charge in [-0.2, -0.15) is 0 Å². The zero-order valence-corrected chi connectivity index (χ0v) is 7.95. The average Bonchev–Trinajstić information content (AvgIpc) is 2.15. The summed E-state index contributed by atoms with van der Waals surface area (Å²) in [5, 5.41) is 9.33. The van der Waals surface area contributed by atoms with Crippen molar-refractivity contribution in [2.45, 2.75) is 13.8 Å². The molecule has 0 amide bonds. The molecule has 0 aliphatic carbocycles. The third-order valence-electron chi connectivity index (χ3n) is 1.55. The minimum atomic E-state index is -0.248. The van der Waals surface area contributed by atoms with Crippen molar-refractivity contribution in [1.29, 1.82) is 0 Å². The average molecular weight is 181 g/mol. The highest BCUT2D eigenvalue weighted by Crippen LogP contribution is 2.02. The lowest BCUT2D eigenvalue weighted by molar-refractivity contribution is -0.114. The quantitative estimate of drug-likeness (QED) is 0.392. The molecule has 0 radical (unpaired) electrons. The lowest BCUT2D eigenvalue weighted by atomic mass is 10.1. The van der Waals surface area contributed by atoms with Gasteiger partial charge in [-0.05, 0) is 19.9 Å². The van der Waals surface area contributed by atoms with Gasteiger partial charge in [-0.25, -0.2) is 0 Å². The summed E-state index contributed by atoms with van der Waals surface area (Å²) in [6, 6.07) is 0. The molecule has 0 aromatic heterocycles. The largest absolute Gasteiger partial charge is 0.508 e. The molecule has 0 bridgehead atoms. The maximum absolute atomic E-state index is 11.0. The zero-order chi connectivity index (χ0) is 10.3. The number of carbonyl (C=O) groups is 1. The van der Waals surface area contributed by atoms with Crippen LogP contribution < -0.4 is 5.73 Å². The second kappa shape index (κ2) is 6.20. The van der Waals surface area contributed by atoms with Crippen LogP contribution in [-0.4, -0.2) is 17.4 Å². The fourth-order valence-electron chi connectivity index (χ4n) is 0.679. The third-order valence-corrected chi connectivity index (χ3v) is 1.55. The molecule has 0 atom stereocenters. The number of aliphatic hydroxyl groups excluding tert-OH is 1. The Balaban J connectivity index is 4.52. The van der Waals surface area contributed by atoms with Crippen molar-refractivity contribution in [2.24, 2.45) is 5.73 Å².